The SMILES string of the molecule is C=Cc1ccnc(N2CCC(C)CC2)c1. The van der Waals surface area contributed by atoms with Crippen molar-refractivity contribution in [1.29, 1.82) is 0 Å². The summed E-state index contributed by atoms with van der Waals surface area (Å²) < 4.78 is 0. The molecule has 0 amide bonds. The Morgan fingerprint density at radius 1 is 1.47 bits per heavy atom. The van der Waals surface area contributed by atoms with Gasteiger partial charge >= 0.3 is 0 Å². The highest BCUT2D eigenvalue weighted by atomic mass is 15.2. The summed E-state index contributed by atoms with van der Waals surface area (Å²) in [6, 6.07) is 4.10. The Morgan fingerprint density at radius 2 is 2.20 bits per heavy atom. The minimum absolute atomic E-state index is 0.865. The second-order valence-corrected chi connectivity index (χ2v) is 4.32. The van der Waals surface area contributed by atoms with Gasteiger partial charge in [0.1, 0.15) is 5.82 Å². The fourth-order valence-corrected chi connectivity index (χ4v) is 1.97. The number of hydrogen-bond donors (Lipinski definition) is 0. The molecule has 0 aliphatic carbocycles. The lowest BCUT2D eigenvalue weighted by molar-refractivity contribution is 0.436. The van der Waals surface area contributed by atoms with Crippen LogP contribution < -0.4 is 4.90 Å². The molecule has 1 aliphatic heterocycles. The third-order valence-corrected chi connectivity index (χ3v) is 3.11. The molecule has 0 unspecified atom stereocenters. The standard InChI is InChI=1S/C13H18N2/c1-3-12-4-7-14-13(10-12)15-8-5-11(2)6-9-15/h3-4,7,10-11H,1,5-6,8-9H2,2H3. The van der Waals surface area contributed by atoms with Gasteiger partial charge in [0.15, 0.2) is 0 Å². The predicted octanol–water partition coefficient (Wildman–Crippen LogP) is 2.96. The minimum atomic E-state index is 0.865. The summed E-state index contributed by atoms with van der Waals surface area (Å²) in [4.78, 5) is 6.78. The smallest absolute Gasteiger partial charge is 0.129 e. The third kappa shape index (κ3) is 2.38. The predicted molar refractivity (Wildman–Crippen MR) is 64.9 cm³/mol. The average molecular weight is 202 g/mol. The Bertz CT molecular complexity index is 338. The highest BCUT2D eigenvalue weighted by Crippen LogP contribution is 2.21. The molecule has 0 N–H and O–H groups in total. The van der Waals surface area contributed by atoms with E-state index in [0.717, 1.165) is 30.4 Å². The van der Waals surface area contributed by atoms with Crippen molar-refractivity contribution in [3.8, 4) is 0 Å². The van der Waals surface area contributed by atoms with Crippen LogP contribution in [0, 0.1) is 5.92 Å². The van der Waals surface area contributed by atoms with Crippen molar-refractivity contribution in [3.63, 3.8) is 0 Å². The molecule has 2 heteroatoms. The van der Waals surface area contributed by atoms with Gasteiger partial charge in [0.05, 0.1) is 0 Å². The van der Waals surface area contributed by atoms with Crippen LogP contribution >= 0.6 is 0 Å². The molecule has 1 fully saturated rings. The first kappa shape index (κ1) is 10.2. The topological polar surface area (TPSA) is 16.1 Å². The molecule has 1 aromatic rings. The van der Waals surface area contributed by atoms with Crippen LogP contribution in [0.5, 0.6) is 0 Å². The van der Waals surface area contributed by atoms with E-state index in [9.17, 15) is 0 Å². The monoisotopic (exact) mass is 202 g/mol. The van der Waals surface area contributed by atoms with Crippen molar-refractivity contribution < 1.29 is 0 Å². The highest BCUT2D eigenvalue weighted by molar-refractivity contribution is 5.53. The van der Waals surface area contributed by atoms with E-state index in [1.165, 1.54) is 12.8 Å². The lowest BCUT2D eigenvalue weighted by Gasteiger charge is -2.31. The normalized spacial score (nSPS) is 17.8. The zero-order valence-electron chi connectivity index (χ0n) is 9.32. The van der Waals surface area contributed by atoms with Gasteiger partial charge in [-0.25, -0.2) is 4.98 Å². The minimum Gasteiger partial charge on any atom is -0.357 e. The summed E-state index contributed by atoms with van der Waals surface area (Å²) in [5.41, 5.74) is 1.15. The number of rotatable bonds is 2. The molecule has 0 spiro atoms. The molecular weight excluding hydrogens is 184 g/mol. The Balaban J connectivity index is 2.11. The van der Waals surface area contributed by atoms with Crippen LogP contribution in [0.1, 0.15) is 25.3 Å². The van der Waals surface area contributed by atoms with Gasteiger partial charge < -0.3 is 4.90 Å². The van der Waals surface area contributed by atoms with Crippen LogP contribution in [0.25, 0.3) is 6.08 Å². The number of pyridine rings is 1. The first-order chi connectivity index (χ1) is 7.29. The highest BCUT2D eigenvalue weighted by Gasteiger charge is 2.16. The number of aromatic nitrogens is 1. The molecule has 0 bridgehead atoms. The lowest BCUT2D eigenvalue weighted by atomic mass is 9.99. The zero-order chi connectivity index (χ0) is 10.7. The summed E-state index contributed by atoms with van der Waals surface area (Å²) in [6.45, 7) is 8.37. The molecule has 15 heavy (non-hydrogen) atoms. The van der Waals surface area contributed by atoms with Crippen LogP contribution in [0.4, 0.5) is 5.82 Å². The van der Waals surface area contributed by atoms with Crippen LogP contribution in [0.3, 0.4) is 0 Å². The average Bonchev–Trinajstić information content (AvgIpc) is 2.30. The second kappa shape index (κ2) is 4.47. The number of nitrogens with zero attached hydrogens (tertiary/aromatic N) is 2. The van der Waals surface area contributed by atoms with Crippen LogP contribution in [-0.4, -0.2) is 18.1 Å². The number of hydrogen-bond acceptors (Lipinski definition) is 2. The van der Waals surface area contributed by atoms with Crippen molar-refractivity contribution in [2.45, 2.75) is 19.8 Å². The van der Waals surface area contributed by atoms with E-state index in [-0.39, 0.29) is 0 Å². The van der Waals surface area contributed by atoms with E-state index in [0.29, 0.717) is 0 Å². The van der Waals surface area contributed by atoms with E-state index < -0.39 is 0 Å². The molecule has 2 nitrogen and oxygen atoms in total. The summed E-state index contributed by atoms with van der Waals surface area (Å²) in [7, 11) is 0. The van der Waals surface area contributed by atoms with Gasteiger partial charge in [-0.2, -0.15) is 0 Å². The molecule has 1 aromatic heterocycles. The summed E-state index contributed by atoms with van der Waals surface area (Å²) in [6.07, 6.45) is 6.29. The van der Waals surface area contributed by atoms with Crippen molar-refractivity contribution in [3.05, 3.63) is 30.5 Å². The molecule has 0 aromatic carbocycles. The number of piperidine rings is 1. The van der Waals surface area contributed by atoms with Gasteiger partial charge in [0, 0.05) is 19.3 Å². The zero-order valence-corrected chi connectivity index (χ0v) is 9.32. The van der Waals surface area contributed by atoms with Gasteiger partial charge in [-0.1, -0.05) is 19.6 Å². The van der Waals surface area contributed by atoms with Crippen molar-refractivity contribution in [2.75, 3.05) is 18.0 Å². The van der Waals surface area contributed by atoms with E-state index >= 15 is 0 Å². The first-order valence-electron chi connectivity index (χ1n) is 5.63. The van der Waals surface area contributed by atoms with Crippen molar-refractivity contribution in [2.24, 2.45) is 5.92 Å². The maximum atomic E-state index is 4.41. The lowest BCUT2D eigenvalue weighted by Crippen LogP contribution is -2.33. The Morgan fingerprint density at radius 3 is 2.87 bits per heavy atom. The van der Waals surface area contributed by atoms with E-state index in [2.05, 4.69) is 29.5 Å². The quantitative estimate of drug-likeness (QED) is 0.733. The molecule has 80 valence electrons. The van der Waals surface area contributed by atoms with Crippen LogP contribution in [0.2, 0.25) is 0 Å². The van der Waals surface area contributed by atoms with E-state index in [1.54, 1.807) is 0 Å². The molecule has 0 saturated carbocycles. The fraction of sp³-hybridized carbons (Fsp3) is 0.462. The number of anilines is 1. The molecule has 0 atom stereocenters. The maximum absolute atomic E-state index is 4.41. The Hall–Kier alpha value is -1.31. The molecule has 0 radical (unpaired) electrons. The molecular formula is C13H18N2. The summed E-state index contributed by atoms with van der Waals surface area (Å²) >= 11 is 0. The summed E-state index contributed by atoms with van der Waals surface area (Å²) in [5.74, 6) is 1.96. The van der Waals surface area contributed by atoms with Gasteiger partial charge in [-0.15, -0.1) is 0 Å². The fourth-order valence-electron chi connectivity index (χ4n) is 1.97. The van der Waals surface area contributed by atoms with Crippen molar-refractivity contribution >= 4 is 11.9 Å². The summed E-state index contributed by atoms with van der Waals surface area (Å²) in [5, 5.41) is 0. The molecule has 1 aliphatic rings. The molecule has 2 heterocycles. The molecule has 1 saturated heterocycles. The second-order valence-electron chi connectivity index (χ2n) is 4.32. The van der Waals surface area contributed by atoms with Gasteiger partial charge in [0.2, 0.25) is 0 Å². The Kier molecular flexibility index (Phi) is 3.05. The Labute approximate surface area is 91.6 Å². The van der Waals surface area contributed by atoms with Crippen LogP contribution in [0.15, 0.2) is 24.9 Å². The van der Waals surface area contributed by atoms with Gasteiger partial charge in [-0.3, -0.25) is 0 Å². The van der Waals surface area contributed by atoms with E-state index in [4.69, 9.17) is 0 Å². The first-order valence-corrected chi connectivity index (χ1v) is 5.63. The van der Waals surface area contributed by atoms with Gasteiger partial charge in [0.25, 0.3) is 0 Å². The van der Waals surface area contributed by atoms with Gasteiger partial charge in [-0.05, 0) is 36.5 Å². The van der Waals surface area contributed by atoms with Crippen molar-refractivity contribution in [1.82, 2.24) is 4.98 Å². The van der Waals surface area contributed by atoms with E-state index in [1.807, 2.05) is 18.3 Å². The largest absolute Gasteiger partial charge is 0.357 e. The third-order valence-electron chi connectivity index (χ3n) is 3.11. The molecule has 2 rings (SSSR count). The van der Waals surface area contributed by atoms with Crippen LogP contribution in [-0.2, 0) is 0 Å². The maximum Gasteiger partial charge on any atom is 0.129 e.